The van der Waals surface area contributed by atoms with E-state index in [-0.39, 0.29) is 0 Å². The molecule has 1 saturated carbocycles. The molecule has 19 heavy (non-hydrogen) atoms. The fraction of sp³-hybridized carbons (Fsp3) is 0.750. The monoisotopic (exact) mass is 265 g/mol. The molecule has 0 saturated heterocycles. The molecule has 3 nitrogen and oxygen atoms in total. The second kappa shape index (κ2) is 7.11. The van der Waals surface area contributed by atoms with Crippen LogP contribution in [0.15, 0.2) is 16.7 Å². The summed E-state index contributed by atoms with van der Waals surface area (Å²) >= 11 is 0. The van der Waals surface area contributed by atoms with Gasteiger partial charge in [0.1, 0.15) is 5.76 Å². The van der Waals surface area contributed by atoms with Crippen molar-refractivity contribution in [3.63, 3.8) is 0 Å². The Balaban J connectivity index is 1.83. The van der Waals surface area contributed by atoms with E-state index in [2.05, 4.69) is 26.1 Å². The van der Waals surface area contributed by atoms with Gasteiger partial charge >= 0.3 is 0 Å². The Morgan fingerprint density at radius 2 is 2.16 bits per heavy atom. The van der Waals surface area contributed by atoms with E-state index in [4.69, 9.17) is 9.15 Å². The van der Waals surface area contributed by atoms with Crippen LogP contribution in [0.1, 0.15) is 57.8 Å². The average molecular weight is 265 g/mol. The Hall–Kier alpha value is -0.800. The minimum absolute atomic E-state index is 0.426. The molecule has 1 aliphatic rings. The van der Waals surface area contributed by atoms with Crippen molar-refractivity contribution in [2.45, 2.75) is 71.8 Å². The summed E-state index contributed by atoms with van der Waals surface area (Å²) in [5, 5.41) is 3.39. The van der Waals surface area contributed by atoms with Gasteiger partial charge in [0.25, 0.3) is 0 Å². The summed E-state index contributed by atoms with van der Waals surface area (Å²) < 4.78 is 11.6. The largest absolute Gasteiger partial charge is 0.468 e. The van der Waals surface area contributed by atoms with Gasteiger partial charge in [0, 0.05) is 11.6 Å². The third kappa shape index (κ3) is 4.36. The van der Waals surface area contributed by atoms with E-state index < -0.39 is 0 Å². The lowest BCUT2D eigenvalue weighted by Gasteiger charge is -2.28. The number of nitrogens with one attached hydrogen (secondary N) is 1. The fourth-order valence-corrected chi connectivity index (χ4v) is 2.67. The van der Waals surface area contributed by atoms with Crippen molar-refractivity contribution in [1.29, 1.82) is 0 Å². The van der Waals surface area contributed by atoms with Crippen LogP contribution in [0.25, 0.3) is 0 Å². The van der Waals surface area contributed by atoms with Crippen molar-refractivity contribution < 1.29 is 9.15 Å². The highest BCUT2D eigenvalue weighted by Crippen LogP contribution is 2.27. The van der Waals surface area contributed by atoms with Gasteiger partial charge in [0.2, 0.25) is 0 Å². The number of hydrogen-bond acceptors (Lipinski definition) is 3. The zero-order valence-corrected chi connectivity index (χ0v) is 12.4. The van der Waals surface area contributed by atoms with E-state index >= 15 is 0 Å². The van der Waals surface area contributed by atoms with E-state index in [1.807, 2.05) is 6.07 Å². The number of furan rings is 1. The predicted molar refractivity (Wildman–Crippen MR) is 76.9 cm³/mol. The lowest BCUT2D eigenvalue weighted by molar-refractivity contribution is -0.0160. The first-order valence-electron chi connectivity index (χ1n) is 7.57. The van der Waals surface area contributed by atoms with Crippen LogP contribution in [-0.4, -0.2) is 12.1 Å². The molecule has 1 fully saturated rings. The highest BCUT2D eigenvalue weighted by Gasteiger charge is 2.22. The molecule has 3 heteroatoms. The van der Waals surface area contributed by atoms with Crippen molar-refractivity contribution in [3.05, 3.63) is 23.7 Å². The van der Waals surface area contributed by atoms with Gasteiger partial charge in [-0.2, -0.15) is 0 Å². The van der Waals surface area contributed by atoms with Crippen LogP contribution < -0.4 is 5.32 Å². The summed E-state index contributed by atoms with van der Waals surface area (Å²) in [5.41, 5.74) is 1.19. The van der Waals surface area contributed by atoms with E-state index in [1.54, 1.807) is 6.26 Å². The first-order valence-corrected chi connectivity index (χ1v) is 7.57. The lowest BCUT2D eigenvalue weighted by Crippen LogP contribution is -2.26. The molecule has 0 aliphatic heterocycles. The van der Waals surface area contributed by atoms with Gasteiger partial charge in [-0.05, 0) is 24.8 Å². The molecule has 0 amide bonds. The van der Waals surface area contributed by atoms with Gasteiger partial charge in [-0.1, -0.05) is 33.6 Å². The Morgan fingerprint density at radius 3 is 2.89 bits per heavy atom. The summed E-state index contributed by atoms with van der Waals surface area (Å²) in [4.78, 5) is 0. The first-order chi connectivity index (χ1) is 9.16. The second-order valence-electron chi connectivity index (χ2n) is 6.02. The number of rotatable bonds is 6. The third-order valence-corrected chi connectivity index (χ3v) is 3.99. The molecule has 0 aromatic carbocycles. The minimum Gasteiger partial charge on any atom is -0.468 e. The summed E-state index contributed by atoms with van der Waals surface area (Å²) in [7, 11) is 0. The van der Waals surface area contributed by atoms with E-state index in [0.29, 0.717) is 24.7 Å². The molecule has 1 aliphatic carbocycles. The molecule has 0 spiro atoms. The molecule has 2 atom stereocenters. The molecule has 2 unspecified atom stereocenters. The number of hydrogen-bond donors (Lipinski definition) is 1. The lowest BCUT2D eigenvalue weighted by atomic mass is 9.88. The Bertz CT molecular complexity index is 373. The van der Waals surface area contributed by atoms with Crippen molar-refractivity contribution in [3.8, 4) is 0 Å². The summed E-state index contributed by atoms with van der Waals surface area (Å²) in [6, 6.07) is 2.50. The maximum atomic E-state index is 6.10. The number of ether oxygens (including phenoxy) is 1. The smallest absolute Gasteiger partial charge is 0.123 e. The molecule has 1 aromatic rings. The molecule has 0 radical (unpaired) electrons. The molecular weight excluding hydrogens is 238 g/mol. The topological polar surface area (TPSA) is 34.4 Å². The van der Waals surface area contributed by atoms with Gasteiger partial charge in [-0.25, -0.2) is 0 Å². The Morgan fingerprint density at radius 1 is 1.37 bits per heavy atom. The Labute approximate surface area is 116 Å². The van der Waals surface area contributed by atoms with Gasteiger partial charge < -0.3 is 14.5 Å². The van der Waals surface area contributed by atoms with Crippen molar-refractivity contribution in [2.24, 2.45) is 5.92 Å². The standard InChI is InChI=1S/C16H27NO2/c1-12(2)17-10-16-14(8-9-18-16)11-19-15-7-5-4-6-13(15)3/h8-9,12-13,15,17H,4-7,10-11H2,1-3H3. The van der Waals surface area contributed by atoms with Gasteiger partial charge in [-0.3, -0.25) is 0 Å². The van der Waals surface area contributed by atoms with Crippen LogP contribution in [0.2, 0.25) is 0 Å². The molecule has 1 N–H and O–H groups in total. The van der Waals surface area contributed by atoms with Crippen LogP contribution in [0.4, 0.5) is 0 Å². The quantitative estimate of drug-likeness (QED) is 0.847. The highest BCUT2D eigenvalue weighted by atomic mass is 16.5. The van der Waals surface area contributed by atoms with E-state index in [1.165, 1.54) is 31.2 Å². The maximum absolute atomic E-state index is 6.10. The molecule has 1 aromatic heterocycles. The maximum Gasteiger partial charge on any atom is 0.123 e. The van der Waals surface area contributed by atoms with Crippen molar-refractivity contribution in [1.82, 2.24) is 5.32 Å². The van der Waals surface area contributed by atoms with Gasteiger partial charge in [-0.15, -0.1) is 0 Å². The Kier molecular flexibility index (Phi) is 5.46. The van der Waals surface area contributed by atoms with Crippen molar-refractivity contribution >= 4 is 0 Å². The fourth-order valence-electron chi connectivity index (χ4n) is 2.67. The highest BCUT2D eigenvalue weighted by molar-refractivity contribution is 5.16. The van der Waals surface area contributed by atoms with Crippen molar-refractivity contribution in [2.75, 3.05) is 0 Å². The molecule has 0 bridgehead atoms. The average Bonchev–Trinajstić information content (AvgIpc) is 2.83. The normalized spacial score (nSPS) is 24.0. The summed E-state index contributed by atoms with van der Waals surface area (Å²) in [6.45, 7) is 8.05. The molecule has 108 valence electrons. The molecule has 2 rings (SSSR count). The van der Waals surface area contributed by atoms with Crippen LogP contribution in [0, 0.1) is 5.92 Å². The van der Waals surface area contributed by atoms with E-state index in [0.717, 1.165) is 12.3 Å². The molecular formula is C16H27NO2. The zero-order valence-electron chi connectivity index (χ0n) is 12.4. The summed E-state index contributed by atoms with van der Waals surface area (Å²) in [5.74, 6) is 1.70. The predicted octanol–water partition coefficient (Wildman–Crippen LogP) is 3.87. The summed E-state index contributed by atoms with van der Waals surface area (Å²) in [6.07, 6.45) is 7.37. The van der Waals surface area contributed by atoms with E-state index in [9.17, 15) is 0 Å². The van der Waals surface area contributed by atoms with Gasteiger partial charge in [0.15, 0.2) is 0 Å². The van der Waals surface area contributed by atoms with Crippen LogP contribution in [-0.2, 0) is 17.9 Å². The van der Waals surface area contributed by atoms with Crippen LogP contribution in [0.5, 0.6) is 0 Å². The third-order valence-electron chi connectivity index (χ3n) is 3.99. The zero-order chi connectivity index (χ0) is 13.7. The SMILES string of the molecule is CC(C)NCc1occc1COC1CCCCC1C. The van der Waals surface area contributed by atoms with Gasteiger partial charge in [0.05, 0.1) is 25.5 Å². The minimum atomic E-state index is 0.426. The van der Waals surface area contributed by atoms with Crippen LogP contribution >= 0.6 is 0 Å². The van der Waals surface area contributed by atoms with Crippen LogP contribution in [0.3, 0.4) is 0 Å². The molecule has 1 heterocycles. The first kappa shape index (κ1) is 14.6. The second-order valence-corrected chi connectivity index (χ2v) is 6.02.